The number of likely N-dealkylation sites (tertiary alicyclic amines) is 1. The van der Waals surface area contributed by atoms with Crippen molar-refractivity contribution < 1.29 is 19.0 Å². The highest BCUT2D eigenvalue weighted by molar-refractivity contribution is 6.30. The second-order valence-electron chi connectivity index (χ2n) is 13.2. The van der Waals surface area contributed by atoms with Gasteiger partial charge in [0.2, 0.25) is 0 Å². The van der Waals surface area contributed by atoms with Crippen LogP contribution in [-0.2, 0) is 23.3 Å². The fraction of sp³-hybridized carbons (Fsp3) is 0.366. The molecular formula is C41H46ClN3O4. The zero-order valence-corrected chi connectivity index (χ0v) is 29.6. The van der Waals surface area contributed by atoms with E-state index in [1.165, 1.54) is 18.4 Å². The Morgan fingerprint density at radius 3 is 2.29 bits per heavy atom. The normalized spacial score (nSPS) is 21.1. The second-order valence-corrected chi connectivity index (χ2v) is 13.6. The summed E-state index contributed by atoms with van der Waals surface area (Å²) >= 11 is 6.18. The van der Waals surface area contributed by atoms with Crippen molar-refractivity contribution in [3.8, 4) is 11.5 Å². The molecule has 7 rings (SSSR count). The Hall–Kier alpha value is -4.33. The summed E-state index contributed by atoms with van der Waals surface area (Å²) in [7, 11) is 3.26. The first-order valence-corrected chi connectivity index (χ1v) is 17.6. The highest BCUT2D eigenvalue weighted by Gasteiger charge is 2.39. The first kappa shape index (κ1) is 34.5. The minimum Gasteiger partial charge on any atom is -0.493 e. The van der Waals surface area contributed by atoms with Gasteiger partial charge in [-0.1, -0.05) is 72.3 Å². The van der Waals surface area contributed by atoms with Crippen molar-refractivity contribution in [2.24, 2.45) is 16.8 Å². The number of amidine groups is 1. The summed E-state index contributed by atoms with van der Waals surface area (Å²) in [6.07, 6.45) is 4.19. The van der Waals surface area contributed by atoms with E-state index in [-0.39, 0.29) is 11.7 Å². The van der Waals surface area contributed by atoms with Crippen molar-refractivity contribution in [2.75, 3.05) is 39.2 Å². The number of nitrogens with zero attached hydrogens (tertiary/aromatic N) is 2. The standard InChI is InChI=1S/C24H29NO3.C17H17ClN2O/c1-27-22-14-19-13-20(24(26)21(19)15-23(22)28-2)12-17-8-10-25(11-9-17)16-18-6-4-3-5-7-18;1-3-19-16-20-15-10-9-13(18)11-14(15)17(2,21-16)12-7-5-4-6-8-12/h3-7,14-15,17,20H,8-13,16H2,1-2H3;4-11H,3H2,1-2H3,(H,19,20). The van der Waals surface area contributed by atoms with Gasteiger partial charge < -0.3 is 19.5 Å². The van der Waals surface area contributed by atoms with Gasteiger partial charge >= 0.3 is 0 Å². The summed E-state index contributed by atoms with van der Waals surface area (Å²) in [5.74, 6) is 2.38. The van der Waals surface area contributed by atoms with Crippen molar-refractivity contribution >= 4 is 29.1 Å². The maximum atomic E-state index is 12.9. The third-order valence-corrected chi connectivity index (χ3v) is 10.2. The minimum atomic E-state index is -0.610. The second kappa shape index (κ2) is 15.5. The largest absolute Gasteiger partial charge is 0.493 e. The summed E-state index contributed by atoms with van der Waals surface area (Å²) in [5.41, 5.74) is 5.75. The van der Waals surface area contributed by atoms with Gasteiger partial charge in [-0.05, 0) is 106 Å². The number of ether oxygens (including phenoxy) is 3. The maximum absolute atomic E-state index is 12.9. The lowest BCUT2D eigenvalue weighted by atomic mass is 9.85. The number of nitrogens with one attached hydrogen (secondary N) is 1. The van der Waals surface area contributed by atoms with Crippen LogP contribution in [0.25, 0.3) is 0 Å². The van der Waals surface area contributed by atoms with Gasteiger partial charge in [0.15, 0.2) is 22.9 Å². The predicted octanol–water partition coefficient (Wildman–Crippen LogP) is 8.78. The Labute approximate surface area is 295 Å². The summed E-state index contributed by atoms with van der Waals surface area (Å²) < 4.78 is 16.9. The van der Waals surface area contributed by atoms with Gasteiger partial charge in [-0.3, -0.25) is 9.69 Å². The number of fused-ring (bicyclic) bond motifs is 2. The van der Waals surface area contributed by atoms with Crippen LogP contribution < -0.4 is 14.8 Å². The molecule has 2 atom stereocenters. The first-order chi connectivity index (χ1) is 23.8. The number of carbonyl (C=O) groups excluding carboxylic acids is 1. The topological polar surface area (TPSA) is 72.4 Å². The van der Waals surface area contributed by atoms with Gasteiger partial charge in [-0.15, -0.1) is 0 Å². The summed E-state index contributed by atoms with van der Waals surface area (Å²) in [6.45, 7) is 7.96. The molecule has 1 N–H and O–H groups in total. The highest BCUT2D eigenvalue weighted by Crippen LogP contribution is 2.42. The smallest absolute Gasteiger partial charge is 0.290 e. The lowest BCUT2D eigenvalue weighted by Crippen LogP contribution is -2.39. The fourth-order valence-corrected chi connectivity index (χ4v) is 7.48. The van der Waals surface area contributed by atoms with Crippen molar-refractivity contribution in [3.63, 3.8) is 0 Å². The molecule has 0 saturated carbocycles. The van der Waals surface area contributed by atoms with Gasteiger partial charge in [-0.25, -0.2) is 4.99 Å². The number of carbonyl (C=O) groups is 1. The van der Waals surface area contributed by atoms with Crippen LogP contribution in [0.5, 0.6) is 11.5 Å². The molecule has 4 aromatic rings. The first-order valence-electron chi connectivity index (χ1n) is 17.2. The Morgan fingerprint density at radius 2 is 1.61 bits per heavy atom. The number of anilines is 1. The van der Waals surface area contributed by atoms with Crippen LogP contribution in [-0.4, -0.2) is 50.6 Å². The number of hydrogen-bond acceptors (Lipinski definition) is 6. The van der Waals surface area contributed by atoms with E-state index in [2.05, 4.69) is 57.7 Å². The van der Waals surface area contributed by atoms with Crippen molar-refractivity contribution in [3.05, 3.63) is 124 Å². The lowest BCUT2D eigenvalue weighted by Gasteiger charge is -2.38. The quantitative estimate of drug-likeness (QED) is 0.201. The lowest BCUT2D eigenvalue weighted by molar-refractivity contribution is 0.0895. The van der Waals surface area contributed by atoms with Crippen LogP contribution in [0.4, 0.5) is 5.69 Å². The van der Waals surface area contributed by atoms with Gasteiger partial charge in [-0.2, -0.15) is 0 Å². The van der Waals surface area contributed by atoms with Crippen LogP contribution in [0.3, 0.4) is 0 Å². The molecule has 0 bridgehead atoms. The van der Waals surface area contributed by atoms with Crippen LogP contribution in [0.2, 0.25) is 5.02 Å². The molecule has 0 radical (unpaired) electrons. The van der Waals surface area contributed by atoms with Gasteiger partial charge in [0, 0.05) is 40.8 Å². The number of halogens is 1. The van der Waals surface area contributed by atoms with E-state index in [4.69, 9.17) is 25.8 Å². The van der Waals surface area contributed by atoms with E-state index in [0.29, 0.717) is 35.0 Å². The summed E-state index contributed by atoms with van der Waals surface area (Å²) in [6, 6.07) is 31.0. The Morgan fingerprint density at radius 1 is 0.939 bits per heavy atom. The van der Waals surface area contributed by atoms with Crippen molar-refractivity contribution in [1.82, 2.24) is 4.90 Å². The molecule has 3 aliphatic rings. The average Bonchev–Trinajstić information content (AvgIpc) is 3.43. The Bertz CT molecular complexity index is 1770. The monoisotopic (exact) mass is 679 g/mol. The van der Waals surface area contributed by atoms with E-state index in [9.17, 15) is 4.79 Å². The average molecular weight is 680 g/mol. The molecule has 1 saturated heterocycles. The van der Waals surface area contributed by atoms with Crippen LogP contribution >= 0.6 is 11.6 Å². The van der Waals surface area contributed by atoms with E-state index < -0.39 is 5.60 Å². The third-order valence-electron chi connectivity index (χ3n) is 9.95. The molecular weight excluding hydrogens is 634 g/mol. The maximum Gasteiger partial charge on any atom is 0.290 e. The number of benzene rings is 4. The zero-order valence-electron chi connectivity index (χ0n) is 28.9. The van der Waals surface area contributed by atoms with Crippen molar-refractivity contribution in [1.29, 1.82) is 0 Å². The number of methoxy groups -OCH3 is 2. The van der Waals surface area contributed by atoms with E-state index >= 15 is 0 Å². The number of hydrogen-bond donors (Lipinski definition) is 1. The molecule has 0 aromatic heterocycles. The predicted molar refractivity (Wildman–Crippen MR) is 197 cm³/mol. The third kappa shape index (κ3) is 7.79. The van der Waals surface area contributed by atoms with Gasteiger partial charge in [0.25, 0.3) is 6.02 Å². The number of piperidine rings is 1. The Balaban J connectivity index is 0.000000177. The molecule has 0 amide bonds. The molecule has 1 aliphatic carbocycles. The number of aliphatic imine (C=N–C) groups is 1. The van der Waals surface area contributed by atoms with Crippen LogP contribution in [0, 0.1) is 11.8 Å². The molecule has 4 aromatic carbocycles. The fourth-order valence-electron chi connectivity index (χ4n) is 7.31. The molecule has 2 heterocycles. The van der Waals surface area contributed by atoms with Gasteiger partial charge in [0.05, 0.1) is 14.2 Å². The Kier molecular flexibility index (Phi) is 10.9. The molecule has 49 heavy (non-hydrogen) atoms. The molecule has 2 unspecified atom stereocenters. The molecule has 256 valence electrons. The summed E-state index contributed by atoms with van der Waals surface area (Å²) in [5, 5.41) is 3.91. The van der Waals surface area contributed by atoms with Gasteiger partial charge in [0.1, 0.15) is 0 Å². The number of Topliss-reactive ketones (excluding diaryl/α,β-unsaturated/α-hetero) is 1. The molecule has 7 nitrogen and oxygen atoms in total. The van der Waals surface area contributed by atoms with Crippen LogP contribution in [0.1, 0.15) is 65.7 Å². The zero-order chi connectivity index (χ0) is 34.4. The summed E-state index contributed by atoms with van der Waals surface area (Å²) in [4.78, 5) is 19.8. The highest BCUT2D eigenvalue weighted by atomic mass is 35.5. The molecule has 8 heteroatoms. The van der Waals surface area contributed by atoms with Crippen molar-refractivity contribution in [2.45, 2.75) is 51.7 Å². The molecule has 2 aliphatic heterocycles. The minimum absolute atomic E-state index is 0.109. The van der Waals surface area contributed by atoms with E-state index in [1.54, 1.807) is 14.2 Å². The molecule has 1 fully saturated rings. The molecule has 0 spiro atoms. The van der Waals surface area contributed by atoms with E-state index in [0.717, 1.165) is 60.4 Å². The van der Waals surface area contributed by atoms with E-state index in [1.807, 2.05) is 62.4 Å². The number of ketones is 1. The van der Waals surface area contributed by atoms with Crippen LogP contribution in [0.15, 0.2) is 96.0 Å². The number of rotatable bonds is 8. The SMILES string of the molecule is CCN=C1Nc2ccc(Cl)cc2C(C)(c2ccccc2)O1.COc1cc2c(cc1OC)C(=O)C(CC1CCN(Cc3ccccc3)CC1)C2.